The molecule has 2 N–H and O–H groups in total. The number of benzene rings is 2. The highest BCUT2D eigenvalue weighted by molar-refractivity contribution is 8.00. The summed E-state index contributed by atoms with van der Waals surface area (Å²) in [5.74, 6) is -0.781. The van der Waals surface area contributed by atoms with E-state index in [1.165, 1.54) is 24.8 Å². The van der Waals surface area contributed by atoms with E-state index in [9.17, 15) is 18.8 Å². The summed E-state index contributed by atoms with van der Waals surface area (Å²) < 4.78 is 19.1. The van der Waals surface area contributed by atoms with Gasteiger partial charge in [0.25, 0.3) is 0 Å². The summed E-state index contributed by atoms with van der Waals surface area (Å²) in [7, 11) is 0. The predicted molar refractivity (Wildman–Crippen MR) is 105 cm³/mol. The fraction of sp³-hybridized carbons (Fsp3) is 0.250. The van der Waals surface area contributed by atoms with Gasteiger partial charge in [-0.15, -0.1) is 11.8 Å². The van der Waals surface area contributed by atoms with Crippen LogP contribution >= 0.6 is 11.8 Å². The molecule has 8 heteroatoms. The van der Waals surface area contributed by atoms with Crippen LogP contribution in [0, 0.1) is 5.82 Å². The molecule has 1 saturated heterocycles. The molecular weight excluding hydrogens is 383 g/mol. The van der Waals surface area contributed by atoms with Crippen molar-refractivity contribution in [1.29, 1.82) is 0 Å². The summed E-state index contributed by atoms with van der Waals surface area (Å²) in [5.41, 5.74) is 1.06. The van der Waals surface area contributed by atoms with Gasteiger partial charge in [0.2, 0.25) is 11.8 Å². The number of anilines is 1. The van der Waals surface area contributed by atoms with Crippen LogP contribution in [0.4, 0.5) is 10.1 Å². The predicted octanol–water partition coefficient (Wildman–Crippen LogP) is 2.53. The number of hydrogen-bond acceptors (Lipinski definition) is 5. The van der Waals surface area contributed by atoms with Crippen LogP contribution in [-0.2, 0) is 20.8 Å². The molecule has 2 unspecified atom stereocenters. The van der Waals surface area contributed by atoms with Gasteiger partial charge in [0.05, 0.1) is 5.25 Å². The number of carbonyl (C=O) groups excluding carboxylic acids is 3. The van der Waals surface area contributed by atoms with Crippen molar-refractivity contribution in [3.8, 4) is 5.75 Å². The maximum atomic E-state index is 13.8. The van der Waals surface area contributed by atoms with Crippen LogP contribution in [-0.4, -0.2) is 34.8 Å². The molecule has 2 aromatic carbocycles. The molecule has 0 spiro atoms. The lowest BCUT2D eigenvalue weighted by molar-refractivity contribution is -0.138. The number of thioether (sulfide) groups is 1. The molecule has 0 bridgehead atoms. The molecule has 2 atom stereocenters. The number of esters is 1. The zero-order valence-electron chi connectivity index (χ0n) is 15.1. The Labute approximate surface area is 165 Å². The summed E-state index contributed by atoms with van der Waals surface area (Å²) in [6, 6.07) is 11.9. The highest BCUT2D eigenvalue weighted by Gasteiger charge is 2.33. The Morgan fingerprint density at radius 2 is 1.93 bits per heavy atom. The molecule has 1 heterocycles. The molecule has 0 aromatic heterocycles. The Morgan fingerprint density at radius 1 is 1.21 bits per heavy atom. The zero-order valence-corrected chi connectivity index (χ0v) is 15.9. The first-order valence-corrected chi connectivity index (χ1v) is 9.72. The van der Waals surface area contributed by atoms with Gasteiger partial charge >= 0.3 is 5.97 Å². The van der Waals surface area contributed by atoms with Gasteiger partial charge in [-0.25, -0.2) is 9.18 Å². The molecule has 1 aliphatic heterocycles. The monoisotopic (exact) mass is 402 g/mol. The van der Waals surface area contributed by atoms with Crippen LogP contribution in [0.25, 0.3) is 0 Å². The Hall–Kier alpha value is -2.87. The van der Waals surface area contributed by atoms with E-state index in [1.807, 2.05) is 0 Å². The van der Waals surface area contributed by atoms with Crippen molar-refractivity contribution in [2.45, 2.75) is 24.6 Å². The summed E-state index contributed by atoms with van der Waals surface area (Å²) in [5, 5.41) is 4.81. The van der Waals surface area contributed by atoms with E-state index in [-0.39, 0.29) is 24.1 Å². The molecule has 2 amide bonds. The second-order valence-corrected chi connectivity index (χ2v) is 7.54. The van der Waals surface area contributed by atoms with Gasteiger partial charge in [-0.2, -0.15) is 0 Å². The van der Waals surface area contributed by atoms with Gasteiger partial charge in [0, 0.05) is 18.4 Å². The second-order valence-electron chi connectivity index (χ2n) is 6.31. The Morgan fingerprint density at radius 3 is 2.57 bits per heavy atom. The third-order valence-electron chi connectivity index (χ3n) is 4.11. The van der Waals surface area contributed by atoms with Crippen molar-refractivity contribution in [1.82, 2.24) is 5.32 Å². The fourth-order valence-electron chi connectivity index (χ4n) is 2.73. The fourth-order valence-corrected chi connectivity index (χ4v) is 3.89. The number of rotatable bonds is 5. The SMILES string of the molecule is CC(=O)Nc1ccc(OC(=O)C2CSC(Cc3ccccc3F)C(=O)N2)cc1. The average Bonchev–Trinajstić information content (AvgIpc) is 2.66. The summed E-state index contributed by atoms with van der Waals surface area (Å²) in [6.45, 7) is 1.40. The Balaban J connectivity index is 1.54. The highest BCUT2D eigenvalue weighted by Crippen LogP contribution is 2.24. The third-order valence-corrected chi connectivity index (χ3v) is 5.42. The minimum atomic E-state index is -0.774. The van der Waals surface area contributed by atoms with Gasteiger partial charge in [-0.3, -0.25) is 9.59 Å². The first-order valence-electron chi connectivity index (χ1n) is 8.67. The topological polar surface area (TPSA) is 84.5 Å². The zero-order chi connectivity index (χ0) is 20.1. The highest BCUT2D eigenvalue weighted by atomic mass is 32.2. The van der Waals surface area contributed by atoms with Crippen molar-refractivity contribution < 1.29 is 23.5 Å². The molecular formula is C20H19FN2O4S. The first-order chi connectivity index (χ1) is 13.4. The van der Waals surface area contributed by atoms with Crippen molar-refractivity contribution in [3.63, 3.8) is 0 Å². The number of amides is 2. The largest absolute Gasteiger partial charge is 0.425 e. The molecule has 0 saturated carbocycles. The van der Waals surface area contributed by atoms with Crippen molar-refractivity contribution in [2.75, 3.05) is 11.1 Å². The number of halogens is 1. The quantitative estimate of drug-likeness (QED) is 0.593. The number of ether oxygens (including phenoxy) is 1. The van der Waals surface area contributed by atoms with Crippen molar-refractivity contribution >= 4 is 35.2 Å². The molecule has 0 aliphatic carbocycles. The Kier molecular flexibility index (Phi) is 6.30. The lowest BCUT2D eigenvalue weighted by atomic mass is 10.1. The maximum Gasteiger partial charge on any atom is 0.334 e. The summed E-state index contributed by atoms with van der Waals surface area (Å²) in [6.07, 6.45) is 0.259. The molecule has 0 radical (unpaired) electrons. The summed E-state index contributed by atoms with van der Waals surface area (Å²) >= 11 is 1.30. The van der Waals surface area contributed by atoms with E-state index in [2.05, 4.69) is 10.6 Å². The Bertz CT molecular complexity index is 888. The van der Waals surface area contributed by atoms with E-state index >= 15 is 0 Å². The van der Waals surface area contributed by atoms with E-state index in [0.29, 0.717) is 22.8 Å². The minimum absolute atomic E-state index is 0.198. The second kappa shape index (κ2) is 8.88. The normalized spacial score (nSPS) is 18.9. The van der Waals surface area contributed by atoms with Gasteiger partial charge in [-0.05, 0) is 42.3 Å². The van der Waals surface area contributed by atoms with Crippen LogP contribution in [0.2, 0.25) is 0 Å². The van der Waals surface area contributed by atoms with E-state index in [1.54, 1.807) is 42.5 Å². The van der Waals surface area contributed by atoms with Gasteiger partial charge < -0.3 is 15.4 Å². The minimum Gasteiger partial charge on any atom is -0.425 e. The molecule has 28 heavy (non-hydrogen) atoms. The molecule has 2 aromatic rings. The lowest BCUT2D eigenvalue weighted by Gasteiger charge is -2.27. The average molecular weight is 402 g/mol. The molecule has 1 aliphatic rings. The standard InChI is InChI=1S/C20H19FN2O4S/c1-12(24)22-14-6-8-15(9-7-14)27-20(26)17-11-28-18(19(25)23-17)10-13-4-2-3-5-16(13)21/h2-9,17-18H,10-11H2,1H3,(H,22,24)(H,23,25). The van der Waals surface area contributed by atoms with Gasteiger partial charge in [0.15, 0.2) is 0 Å². The molecule has 3 rings (SSSR count). The smallest absolute Gasteiger partial charge is 0.334 e. The lowest BCUT2D eigenvalue weighted by Crippen LogP contribution is -2.52. The van der Waals surface area contributed by atoms with Crippen LogP contribution in [0.15, 0.2) is 48.5 Å². The van der Waals surface area contributed by atoms with E-state index < -0.39 is 17.3 Å². The van der Waals surface area contributed by atoms with Crippen LogP contribution in [0.1, 0.15) is 12.5 Å². The maximum absolute atomic E-state index is 13.8. The first kappa shape index (κ1) is 19.9. The molecule has 146 valence electrons. The summed E-state index contributed by atoms with van der Waals surface area (Å²) in [4.78, 5) is 35.7. The number of carbonyl (C=O) groups is 3. The van der Waals surface area contributed by atoms with Crippen LogP contribution in [0.3, 0.4) is 0 Å². The van der Waals surface area contributed by atoms with Crippen LogP contribution in [0.5, 0.6) is 5.75 Å². The number of nitrogens with one attached hydrogen (secondary N) is 2. The molecule has 1 fully saturated rings. The number of hydrogen-bond donors (Lipinski definition) is 2. The molecule has 6 nitrogen and oxygen atoms in total. The van der Waals surface area contributed by atoms with Gasteiger partial charge in [0.1, 0.15) is 17.6 Å². The van der Waals surface area contributed by atoms with E-state index in [0.717, 1.165) is 0 Å². The van der Waals surface area contributed by atoms with Gasteiger partial charge in [-0.1, -0.05) is 18.2 Å². The third kappa shape index (κ3) is 5.10. The van der Waals surface area contributed by atoms with E-state index in [4.69, 9.17) is 4.74 Å². The van der Waals surface area contributed by atoms with Crippen molar-refractivity contribution in [3.05, 3.63) is 59.9 Å². The van der Waals surface area contributed by atoms with Crippen LogP contribution < -0.4 is 15.4 Å². The van der Waals surface area contributed by atoms with Crippen molar-refractivity contribution in [2.24, 2.45) is 0 Å².